The summed E-state index contributed by atoms with van der Waals surface area (Å²) in [5.41, 5.74) is 2.46. The summed E-state index contributed by atoms with van der Waals surface area (Å²) in [7, 11) is 0. The summed E-state index contributed by atoms with van der Waals surface area (Å²) in [6.07, 6.45) is 9.49. The number of hydrogen-bond acceptors (Lipinski definition) is 4. The molecule has 0 spiro atoms. The lowest BCUT2D eigenvalue weighted by Crippen LogP contribution is -2.84. The van der Waals surface area contributed by atoms with Gasteiger partial charge in [0.1, 0.15) is 12.4 Å². The van der Waals surface area contributed by atoms with Crippen molar-refractivity contribution in [2.75, 3.05) is 32.9 Å². The number of urea groups is 1. The van der Waals surface area contributed by atoms with Gasteiger partial charge in [-0.3, -0.25) is 4.90 Å². The number of carbonyl (C=O) groups is 2. The number of benzene rings is 2. The average Bonchev–Trinajstić information content (AvgIpc) is 2.90. The van der Waals surface area contributed by atoms with Crippen molar-refractivity contribution >= 4 is 12.1 Å². The average molecular weight is 534 g/mol. The molecule has 0 aromatic heterocycles. The first-order valence-electron chi connectivity index (χ1n) is 13.8. The van der Waals surface area contributed by atoms with Crippen molar-refractivity contribution in [3.63, 3.8) is 0 Å². The largest absolute Gasteiger partial charge is 0.449 e. The Bertz CT molecular complexity index is 1220. The van der Waals surface area contributed by atoms with Crippen molar-refractivity contribution in [1.29, 1.82) is 0 Å². The monoisotopic (exact) mass is 533 g/mol. The fourth-order valence-electron chi connectivity index (χ4n) is 6.43. The van der Waals surface area contributed by atoms with Gasteiger partial charge in [0.2, 0.25) is 0 Å². The van der Waals surface area contributed by atoms with Crippen LogP contribution in [0.25, 0.3) is 0 Å². The Hall–Kier alpha value is -3.57. The van der Waals surface area contributed by atoms with Crippen LogP contribution < -0.4 is 5.32 Å². The molecule has 2 aromatic rings. The number of nitrogens with zero attached hydrogens (tertiary/aromatic N) is 2. The zero-order valence-corrected chi connectivity index (χ0v) is 22.5. The van der Waals surface area contributed by atoms with Crippen LogP contribution in [0.1, 0.15) is 61.8 Å². The summed E-state index contributed by atoms with van der Waals surface area (Å²) in [6.45, 7) is 3.92. The summed E-state index contributed by atoms with van der Waals surface area (Å²) in [5.74, 6) is 2.14. The second kappa shape index (κ2) is 11.3. The van der Waals surface area contributed by atoms with Crippen LogP contribution in [-0.4, -0.2) is 65.9 Å². The highest BCUT2D eigenvalue weighted by atomic mass is 19.1. The van der Waals surface area contributed by atoms with E-state index >= 15 is 0 Å². The number of amides is 3. The Morgan fingerprint density at radius 2 is 1.90 bits per heavy atom. The van der Waals surface area contributed by atoms with Gasteiger partial charge < -0.3 is 19.7 Å². The van der Waals surface area contributed by atoms with E-state index < -0.39 is 0 Å². The molecule has 3 aliphatic carbocycles. The van der Waals surface area contributed by atoms with Gasteiger partial charge in [-0.2, -0.15) is 0 Å². The van der Waals surface area contributed by atoms with Crippen molar-refractivity contribution in [3.05, 3.63) is 71.0 Å². The van der Waals surface area contributed by atoms with Gasteiger partial charge in [-0.05, 0) is 60.9 Å². The van der Waals surface area contributed by atoms with Crippen LogP contribution in [0.5, 0.6) is 0 Å². The van der Waals surface area contributed by atoms with Gasteiger partial charge >= 0.3 is 12.1 Å². The fraction of sp³-hybridized carbons (Fsp3) is 0.484. The third-order valence-electron chi connectivity index (χ3n) is 8.27. The number of hydrogen-bond donors (Lipinski definition) is 1. The number of nitrogens with one attached hydrogen (secondary N) is 1. The van der Waals surface area contributed by atoms with Crippen LogP contribution in [-0.2, 0) is 15.9 Å². The minimum absolute atomic E-state index is 0.137. The van der Waals surface area contributed by atoms with Gasteiger partial charge in [-0.15, -0.1) is 6.42 Å². The van der Waals surface area contributed by atoms with Crippen molar-refractivity contribution in [3.8, 4) is 12.3 Å². The maximum Gasteiger partial charge on any atom is 0.410 e. The quantitative estimate of drug-likeness (QED) is 0.343. The summed E-state index contributed by atoms with van der Waals surface area (Å²) in [6, 6.07) is 14.1. The van der Waals surface area contributed by atoms with E-state index in [1.165, 1.54) is 17.7 Å². The molecular formula is C31H36FN3O4. The lowest BCUT2D eigenvalue weighted by molar-refractivity contribution is -0.165. The Kier molecular flexibility index (Phi) is 7.81. The number of halogens is 1. The van der Waals surface area contributed by atoms with E-state index in [9.17, 15) is 14.0 Å². The van der Waals surface area contributed by atoms with Gasteiger partial charge in [0.25, 0.3) is 0 Å². The Morgan fingerprint density at radius 1 is 1.15 bits per heavy atom. The van der Waals surface area contributed by atoms with Crippen molar-refractivity contribution < 1.29 is 23.5 Å². The fourth-order valence-corrected chi connectivity index (χ4v) is 6.43. The van der Waals surface area contributed by atoms with E-state index in [1.807, 2.05) is 23.1 Å². The van der Waals surface area contributed by atoms with Crippen LogP contribution >= 0.6 is 0 Å². The number of unbranched alkanes of at least 4 members (excludes halogenated alkanes) is 1. The highest BCUT2D eigenvalue weighted by Crippen LogP contribution is 2.63. The molecule has 1 atom stereocenters. The van der Waals surface area contributed by atoms with Crippen molar-refractivity contribution in [1.82, 2.24) is 15.1 Å². The van der Waals surface area contributed by atoms with Crippen LogP contribution in [0.2, 0.25) is 0 Å². The molecule has 0 saturated heterocycles. The zero-order valence-electron chi connectivity index (χ0n) is 22.5. The van der Waals surface area contributed by atoms with Gasteiger partial charge in [0.05, 0.1) is 24.8 Å². The Balaban J connectivity index is 1.27. The predicted molar refractivity (Wildman–Crippen MR) is 146 cm³/mol. The SMILES string of the molecule is C#CCOCCN(C(=O)OCCCC)C12CC(NC(=O)N3CCc4ccccc4[C@@H]3c3ccc(F)cc3)(C1)C2. The lowest BCUT2D eigenvalue weighted by Gasteiger charge is -2.73. The third kappa shape index (κ3) is 5.33. The second-order valence-corrected chi connectivity index (χ2v) is 10.9. The summed E-state index contributed by atoms with van der Waals surface area (Å²) < 4.78 is 24.7. The molecule has 1 aliphatic heterocycles. The molecule has 7 nitrogen and oxygen atoms in total. The zero-order chi connectivity index (χ0) is 27.5. The first-order chi connectivity index (χ1) is 18.9. The van der Waals surface area contributed by atoms with E-state index in [0.717, 1.165) is 30.4 Å². The van der Waals surface area contributed by atoms with Gasteiger partial charge in [0.15, 0.2) is 0 Å². The molecule has 8 heteroatoms. The molecule has 1 N–H and O–H groups in total. The van der Waals surface area contributed by atoms with E-state index in [-0.39, 0.29) is 41.7 Å². The minimum Gasteiger partial charge on any atom is -0.449 e. The number of ether oxygens (including phenoxy) is 2. The molecule has 0 radical (unpaired) electrons. The molecule has 1 heterocycles. The Labute approximate surface area is 229 Å². The summed E-state index contributed by atoms with van der Waals surface area (Å²) in [5, 5.41) is 3.29. The van der Waals surface area contributed by atoms with E-state index in [2.05, 4.69) is 24.2 Å². The van der Waals surface area contributed by atoms with E-state index in [4.69, 9.17) is 15.9 Å². The minimum atomic E-state index is -0.344. The molecule has 3 saturated carbocycles. The van der Waals surface area contributed by atoms with Crippen LogP contribution in [0, 0.1) is 18.2 Å². The van der Waals surface area contributed by atoms with Crippen molar-refractivity contribution in [2.24, 2.45) is 0 Å². The highest BCUT2D eigenvalue weighted by Gasteiger charge is 2.72. The molecule has 6 rings (SSSR count). The van der Waals surface area contributed by atoms with Crippen LogP contribution in [0.3, 0.4) is 0 Å². The number of rotatable bonds is 10. The molecule has 3 fully saturated rings. The van der Waals surface area contributed by atoms with Crippen molar-refractivity contribution in [2.45, 2.75) is 62.6 Å². The highest BCUT2D eigenvalue weighted by molar-refractivity contribution is 5.78. The normalized spacial score (nSPS) is 24.4. The smallest absolute Gasteiger partial charge is 0.410 e. The van der Waals surface area contributed by atoms with Crippen LogP contribution in [0.4, 0.5) is 14.0 Å². The van der Waals surface area contributed by atoms with Gasteiger partial charge in [0, 0.05) is 18.6 Å². The number of fused-ring (bicyclic) bond motifs is 1. The van der Waals surface area contributed by atoms with Crippen LogP contribution in [0.15, 0.2) is 48.5 Å². The molecule has 206 valence electrons. The molecule has 0 unspecified atom stereocenters. The molecular weight excluding hydrogens is 497 g/mol. The maximum absolute atomic E-state index is 13.7. The number of terminal acetylenes is 1. The molecule has 3 amide bonds. The first-order valence-corrected chi connectivity index (χ1v) is 13.8. The molecule has 39 heavy (non-hydrogen) atoms. The second-order valence-electron chi connectivity index (χ2n) is 10.9. The standard InChI is InChI=1S/C31H36FN3O4/c1-3-5-18-39-29(37)35(16-19-38-17-4-2)31-20-30(21-31,22-31)33-28(36)34-15-14-23-8-6-7-9-26(23)27(34)24-10-12-25(32)13-11-24/h2,6-13,27H,3,5,14-22H2,1H3,(H,33,36)/t27-,30?,31?/m0/s1. The Morgan fingerprint density at radius 3 is 2.62 bits per heavy atom. The lowest BCUT2D eigenvalue weighted by atomic mass is 9.43. The van der Waals surface area contributed by atoms with Gasteiger partial charge in [-0.25, -0.2) is 14.0 Å². The third-order valence-corrected chi connectivity index (χ3v) is 8.27. The molecule has 4 aliphatic rings. The first kappa shape index (κ1) is 27.0. The number of carbonyl (C=O) groups excluding carboxylic acids is 2. The summed E-state index contributed by atoms with van der Waals surface area (Å²) >= 11 is 0. The van der Waals surface area contributed by atoms with Gasteiger partial charge in [-0.1, -0.05) is 55.7 Å². The maximum atomic E-state index is 13.7. The van der Waals surface area contributed by atoms with E-state index in [1.54, 1.807) is 17.0 Å². The molecule has 2 aromatic carbocycles. The molecule has 2 bridgehead atoms. The summed E-state index contributed by atoms with van der Waals surface area (Å²) in [4.78, 5) is 30.3. The predicted octanol–water partition coefficient (Wildman–Crippen LogP) is 5.05. The topological polar surface area (TPSA) is 71.1 Å². The van der Waals surface area contributed by atoms with E-state index in [0.29, 0.717) is 45.6 Å².